The Morgan fingerprint density at radius 2 is 1.91 bits per heavy atom. The molecule has 8 nitrogen and oxygen atoms in total. The van der Waals surface area contributed by atoms with E-state index in [0.29, 0.717) is 11.4 Å². The van der Waals surface area contributed by atoms with Crippen molar-refractivity contribution in [2.45, 2.75) is 25.8 Å². The van der Waals surface area contributed by atoms with Gasteiger partial charge in [0.25, 0.3) is 0 Å². The lowest BCUT2D eigenvalue weighted by Gasteiger charge is -2.10. The molecule has 23 heavy (non-hydrogen) atoms. The van der Waals surface area contributed by atoms with E-state index in [-0.39, 0.29) is 30.3 Å². The number of carbonyl (C=O) groups excluding carboxylic acids is 2. The number of sulfonamides is 1. The van der Waals surface area contributed by atoms with Crippen LogP contribution in [-0.2, 0) is 14.8 Å². The molecule has 0 saturated heterocycles. The lowest BCUT2D eigenvalue weighted by Crippen LogP contribution is -2.39. The van der Waals surface area contributed by atoms with E-state index in [4.69, 9.17) is 0 Å². The summed E-state index contributed by atoms with van der Waals surface area (Å²) >= 11 is 0. The lowest BCUT2D eigenvalue weighted by atomic mass is 10.3. The molecular weight excluding hydrogens is 320 g/mol. The molecule has 0 bridgehead atoms. The first-order valence-electron chi connectivity index (χ1n) is 7.26. The molecule has 3 amide bonds. The maximum Gasteiger partial charge on any atom is 0.315 e. The first-order chi connectivity index (χ1) is 10.8. The van der Waals surface area contributed by atoms with Crippen LogP contribution in [0.5, 0.6) is 0 Å². The summed E-state index contributed by atoms with van der Waals surface area (Å²) in [6.45, 7) is 1.38. The number of amides is 3. The number of urea groups is 1. The third-order valence-electron chi connectivity index (χ3n) is 3.03. The van der Waals surface area contributed by atoms with E-state index < -0.39 is 10.0 Å². The third kappa shape index (κ3) is 6.55. The van der Waals surface area contributed by atoms with E-state index >= 15 is 0 Å². The molecule has 0 spiro atoms. The second-order valence-electron chi connectivity index (χ2n) is 5.36. The fraction of sp³-hybridized carbons (Fsp3) is 0.429. The highest BCUT2D eigenvalue weighted by Gasteiger charge is 2.23. The van der Waals surface area contributed by atoms with Gasteiger partial charge in [-0.2, -0.15) is 0 Å². The molecule has 0 unspecified atom stereocenters. The molecule has 2 rings (SSSR count). The van der Waals surface area contributed by atoms with Gasteiger partial charge in [-0.05, 0) is 31.0 Å². The Labute approximate surface area is 135 Å². The predicted octanol–water partition coefficient (Wildman–Crippen LogP) is 0.848. The zero-order valence-corrected chi connectivity index (χ0v) is 13.6. The van der Waals surface area contributed by atoms with Crippen molar-refractivity contribution in [3.05, 3.63) is 24.3 Å². The smallest absolute Gasteiger partial charge is 0.315 e. The molecule has 1 aliphatic rings. The highest BCUT2D eigenvalue weighted by molar-refractivity contribution is 7.92. The van der Waals surface area contributed by atoms with E-state index in [1.54, 1.807) is 18.2 Å². The fourth-order valence-corrected chi connectivity index (χ4v) is 2.82. The Balaban J connectivity index is 1.82. The molecule has 0 radical (unpaired) electrons. The van der Waals surface area contributed by atoms with Gasteiger partial charge in [0.2, 0.25) is 15.9 Å². The first kappa shape index (κ1) is 17.1. The van der Waals surface area contributed by atoms with Gasteiger partial charge in [0.15, 0.2) is 0 Å². The Kier molecular flexibility index (Phi) is 5.43. The van der Waals surface area contributed by atoms with E-state index in [0.717, 1.165) is 12.8 Å². The molecule has 1 aromatic carbocycles. The Morgan fingerprint density at radius 3 is 2.57 bits per heavy atom. The van der Waals surface area contributed by atoms with Crippen molar-refractivity contribution in [1.82, 2.24) is 10.6 Å². The lowest BCUT2D eigenvalue weighted by molar-refractivity contribution is -0.114. The van der Waals surface area contributed by atoms with Crippen LogP contribution in [0.2, 0.25) is 0 Å². The third-order valence-corrected chi connectivity index (χ3v) is 4.31. The molecular formula is C14H20N4O4S. The van der Waals surface area contributed by atoms with Gasteiger partial charge in [-0.1, -0.05) is 6.07 Å². The second-order valence-corrected chi connectivity index (χ2v) is 7.20. The van der Waals surface area contributed by atoms with Crippen molar-refractivity contribution in [3.8, 4) is 0 Å². The minimum absolute atomic E-state index is 0.0132. The van der Waals surface area contributed by atoms with E-state index in [9.17, 15) is 18.0 Å². The van der Waals surface area contributed by atoms with Gasteiger partial charge in [0.05, 0.1) is 11.4 Å². The number of benzene rings is 1. The summed E-state index contributed by atoms with van der Waals surface area (Å²) in [6, 6.07) is 6.26. The molecule has 1 aromatic rings. The van der Waals surface area contributed by atoms with E-state index in [2.05, 4.69) is 20.7 Å². The van der Waals surface area contributed by atoms with Crippen LogP contribution in [0.3, 0.4) is 0 Å². The van der Waals surface area contributed by atoms with Crippen LogP contribution < -0.4 is 20.7 Å². The zero-order valence-electron chi connectivity index (χ0n) is 12.8. The van der Waals surface area contributed by atoms with Crippen LogP contribution in [0, 0.1) is 0 Å². The number of rotatable bonds is 7. The molecule has 4 N–H and O–H groups in total. The summed E-state index contributed by atoms with van der Waals surface area (Å²) in [5.41, 5.74) is 0.846. The standard InChI is InChI=1S/C14H20N4O4S/c1-10(19)16-12-3-2-4-13(9-12)18-23(21,22)8-7-15-14(20)17-11-5-6-11/h2-4,9,11,18H,5-8H2,1H3,(H,16,19)(H2,15,17,20). The largest absolute Gasteiger partial charge is 0.337 e. The van der Waals surface area contributed by atoms with Crippen LogP contribution in [0.25, 0.3) is 0 Å². The van der Waals surface area contributed by atoms with Gasteiger partial charge in [0, 0.05) is 25.2 Å². The maximum atomic E-state index is 12.0. The summed E-state index contributed by atoms with van der Waals surface area (Å²) in [7, 11) is -3.59. The van der Waals surface area contributed by atoms with Gasteiger partial charge in [-0.3, -0.25) is 9.52 Å². The summed E-state index contributed by atoms with van der Waals surface area (Å²) in [5.74, 6) is -0.481. The van der Waals surface area contributed by atoms with Crippen LogP contribution in [0.4, 0.5) is 16.2 Å². The molecule has 126 valence electrons. The molecule has 1 saturated carbocycles. The summed E-state index contributed by atoms with van der Waals surface area (Å²) in [6.07, 6.45) is 1.94. The zero-order chi connectivity index (χ0) is 16.9. The van der Waals surface area contributed by atoms with Crippen molar-refractivity contribution in [3.63, 3.8) is 0 Å². The maximum absolute atomic E-state index is 12.0. The normalized spacial score (nSPS) is 14.0. The average Bonchev–Trinajstić information content (AvgIpc) is 3.21. The second kappa shape index (κ2) is 7.32. The molecule has 0 atom stereocenters. The topological polar surface area (TPSA) is 116 Å². The number of anilines is 2. The van der Waals surface area contributed by atoms with Crippen molar-refractivity contribution in [1.29, 1.82) is 0 Å². The highest BCUT2D eigenvalue weighted by Crippen LogP contribution is 2.18. The number of nitrogens with one attached hydrogen (secondary N) is 4. The minimum Gasteiger partial charge on any atom is -0.337 e. The number of carbonyl (C=O) groups is 2. The monoisotopic (exact) mass is 340 g/mol. The average molecular weight is 340 g/mol. The first-order valence-corrected chi connectivity index (χ1v) is 8.92. The Hall–Kier alpha value is -2.29. The van der Waals surface area contributed by atoms with Crippen molar-refractivity contribution in [2.24, 2.45) is 0 Å². The summed E-state index contributed by atoms with van der Waals surface area (Å²) in [4.78, 5) is 22.4. The van der Waals surface area contributed by atoms with Crippen molar-refractivity contribution >= 4 is 33.3 Å². The van der Waals surface area contributed by atoms with Gasteiger partial charge in [0.1, 0.15) is 0 Å². The van der Waals surface area contributed by atoms with Gasteiger partial charge in [-0.25, -0.2) is 13.2 Å². The quantitative estimate of drug-likeness (QED) is 0.589. The van der Waals surface area contributed by atoms with Crippen LogP contribution in [0.15, 0.2) is 24.3 Å². The molecule has 1 aliphatic carbocycles. The number of hydrogen-bond donors (Lipinski definition) is 4. The Morgan fingerprint density at radius 1 is 1.22 bits per heavy atom. The molecule has 9 heteroatoms. The predicted molar refractivity (Wildman–Crippen MR) is 87.7 cm³/mol. The highest BCUT2D eigenvalue weighted by atomic mass is 32.2. The van der Waals surface area contributed by atoms with Crippen LogP contribution in [-0.4, -0.2) is 38.7 Å². The molecule has 0 aromatic heterocycles. The Bertz CT molecular complexity index is 686. The van der Waals surface area contributed by atoms with Crippen molar-refractivity contribution < 1.29 is 18.0 Å². The summed E-state index contributed by atoms with van der Waals surface area (Å²) in [5, 5.41) is 7.79. The fourth-order valence-electron chi connectivity index (χ4n) is 1.86. The van der Waals surface area contributed by atoms with E-state index in [1.165, 1.54) is 13.0 Å². The van der Waals surface area contributed by atoms with Gasteiger partial charge < -0.3 is 16.0 Å². The van der Waals surface area contributed by atoms with Gasteiger partial charge in [-0.15, -0.1) is 0 Å². The van der Waals surface area contributed by atoms with Crippen LogP contribution >= 0.6 is 0 Å². The molecule has 0 heterocycles. The summed E-state index contributed by atoms with van der Waals surface area (Å²) < 4.78 is 26.4. The minimum atomic E-state index is -3.59. The van der Waals surface area contributed by atoms with Crippen LogP contribution in [0.1, 0.15) is 19.8 Å². The van der Waals surface area contributed by atoms with Gasteiger partial charge >= 0.3 is 6.03 Å². The van der Waals surface area contributed by atoms with Crippen molar-refractivity contribution in [2.75, 3.05) is 22.3 Å². The SMILES string of the molecule is CC(=O)Nc1cccc(NS(=O)(=O)CCNC(=O)NC2CC2)c1. The molecule has 1 fully saturated rings. The molecule has 0 aliphatic heterocycles. The van der Waals surface area contributed by atoms with E-state index in [1.807, 2.05) is 0 Å². The number of hydrogen-bond acceptors (Lipinski definition) is 4.